The molecule has 2 N–H and O–H groups in total. The molecule has 3 rings (SSSR count). The van der Waals surface area contributed by atoms with E-state index in [0.717, 1.165) is 55.3 Å². The van der Waals surface area contributed by atoms with Crippen molar-refractivity contribution in [2.24, 2.45) is 5.92 Å². The van der Waals surface area contributed by atoms with Crippen molar-refractivity contribution in [1.82, 2.24) is 9.80 Å². The molecule has 0 aliphatic carbocycles. The average molecular weight is 442 g/mol. The van der Waals surface area contributed by atoms with E-state index >= 15 is 0 Å². The largest absolute Gasteiger partial charge is 0.509 e. The van der Waals surface area contributed by atoms with Crippen molar-refractivity contribution in [3.63, 3.8) is 0 Å². The van der Waals surface area contributed by atoms with Crippen LogP contribution in [-0.4, -0.2) is 92.5 Å². The Morgan fingerprint density at radius 2 is 1.69 bits per heavy atom. The van der Waals surface area contributed by atoms with Crippen LogP contribution in [0.5, 0.6) is 5.75 Å². The Morgan fingerprint density at radius 1 is 1.09 bits per heavy atom. The number of esters is 1. The van der Waals surface area contributed by atoms with E-state index in [2.05, 4.69) is 4.90 Å². The highest BCUT2D eigenvalue weighted by molar-refractivity contribution is 6.41. The molecule has 9 heteroatoms. The van der Waals surface area contributed by atoms with Gasteiger partial charge in [0.05, 0.1) is 6.61 Å². The lowest BCUT2D eigenvalue weighted by Crippen LogP contribution is -2.51. The zero-order valence-corrected chi connectivity index (χ0v) is 19.7. The zero-order valence-electron chi connectivity index (χ0n) is 19.7. The van der Waals surface area contributed by atoms with Gasteiger partial charge in [0, 0.05) is 32.0 Å². The number of hydrogen-bond donors (Lipinski definition) is 2. The molecule has 2 aliphatic rings. The molecule has 0 saturated carbocycles. The number of likely N-dealkylation sites (tertiary alicyclic amines) is 2. The smallest absolute Gasteiger partial charge is 0.306 e. The Bertz CT molecular complexity index is 783. The first-order chi connectivity index (χ1) is 15.3. The van der Waals surface area contributed by atoms with Crippen molar-refractivity contribution in [2.75, 3.05) is 32.8 Å². The molecule has 1 aromatic rings. The van der Waals surface area contributed by atoms with Crippen LogP contribution in [0.1, 0.15) is 44.6 Å². The lowest BCUT2D eigenvalue weighted by atomic mass is 9.83. The fourth-order valence-corrected chi connectivity index (χ4v) is 5.11. The van der Waals surface area contributed by atoms with Gasteiger partial charge in [0.15, 0.2) is 0 Å². The highest BCUT2D eigenvalue weighted by Crippen LogP contribution is 2.26. The summed E-state index contributed by atoms with van der Waals surface area (Å²) in [5.74, 6) is 0.379. The number of nitrogens with zero attached hydrogens (tertiary/aromatic N) is 2. The van der Waals surface area contributed by atoms with E-state index < -0.39 is 6.10 Å². The summed E-state index contributed by atoms with van der Waals surface area (Å²) in [6, 6.07) is 4.12. The molecule has 2 saturated heterocycles. The van der Waals surface area contributed by atoms with Crippen molar-refractivity contribution in [2.45, 2.75) is 57.6 Å². The van der Waals surface area contributed by atoms with E-state index in [-0.39, 0.29) is 24.0 Å². The summed E-state index contributed by atoms with van der Waals surface area (Å²) >= 11 is 0. The minimum atomic E-state index is -1.06. The third kappa shape index (κ3) is 6.29. The predicted octanol–water partition coefficient (Wildman–Crippen LogP) is -1.53. The molecule has 0 unspecified atom stereocenters. The molecular formula is C23H36B2N2O5. The predicted molar refractivity (Wildman–Crippen MR) is 129 cm³/mol. The molecule has 0 spiro atoms. The lowest BCUT2D eigenvalue weighted by Gasteiger charge is -2.42. The van der Waals surface area contributed by atoms with Crippen LogP contribution >= 0.6 is 0 Å². The van der Waals surface area contributed by atoms with Gasteiger partial charge in [-0.2, -0.15) is 0 Å². The van der Waals surface area contributed by atoms with Crippen LogP contribution in [0.2, 0.25) is 0 Å². The van der Waals surface area contributed by atoms with E-state index in [4.69, 9.17) is 4.74 Å². The number of piperidine rings is 2. The van der Waals surface area contributed by atoms with Gasteiger partial charge in [-0.1, -0.05) is 12.1 Å². The van der Waals surface area contributed by atoms with Gasteiger partial charge in [-0.15, -0.1) is 0 Å². The molecule has 0 aromatic heterocycles. The van der Waals surface area contributed by atoms with Gasteiger partial charge >= 0.3 is 5.97 Å². The molecule has 2 heterocycles. The van der Waals surface area contributed by atoms with Gasteiger partial charge in [-0.05, 0) is 68.1 Å². The van der Waals surface area contributed by atoms with Gasteiger partial charge in [0.1, 0.15) is 27.5 Å². The standard InChI is InChI=1S/C23H36B2N2O5/c1-2-32-21(29)14-15-3-7-26(8-4-15)17-5-9-27(10-6-17)23(31)20(28)13-16-11-18(24)22(30)19(25)12-16/h11-12,15,17,20,28,30H,2-10,13-14,24-25H2,1H3/t20-/m1/s1. The number of aliphatic hydroxyl groups excluding tert-OH is 1. The second kappa shape index (κ2) is 11.2. The highest BCUT2D eigenvalue weighted by Gasteiger charge is 2.32. The van der Waals surface area contributed by atoms with Crippen molar-refractivity contribution < 1.29 is 24.5 Å². The molecule has 1 aromatic carbocycles. The van der Waals surface area contributed by atoms with Crippen LogP contribution in [-0.2, 0) is 20.7 Å². The Labute approximate surface area is 192 Å². The quantitative estimate of drug-likeness (QED) is 0.394. The fraction of sp³-hybridized carbons (Fsp3) is 0.652. The lowest BCUT2D eigenvalue weighted by molar-refractivity contribution is -0.144. The second-order valence-corrected chi connectivity index (χ2v) is 9.34. The number of carbonyl (C=O) groups is 2. The summed E-state index contributed by atoms with van der Waals surface area (Å²) < 4.78 is 5.07. The maximum atomic E-state index is 12.8. The number of benzene rings is 1. The first kappa shape index (κ1) is 24.6. The van der Waals surface area contributed by atoms with E-state index in [1.165, 1.54) is 0 Å². The molecule has 174 valence electrons. The molecule has 2 fully saturated rings. The molecule has 32 heavy (non-hydrogen) atoms. The van der Waals surface area contributed by atoms with Crippen LogP contribution in [0, 0.1) is 5.92 Å². The van der Waals surface area contributed by atoms with Crippen molar-refractivity contribution in [3.8, 4) is 5.75 Å². The Hall–Kier alpha value is -1.99. The minimum Gasteiger partial charge on any atom is -0.509 e. The summed E-state index contributed by atoms with van der Waals surface area (Å²) in [6.07, 6.45) is 3.58. The van der Waals surface area contributed by atoms with Gasteiger partial charge in [0.2, 0.25) is 0 Å². The Morgan fingerprint density at radius 3 is 2.25 bits per heavy atom. The molecule has 0 radical (unpaired) electrons. The number of phenolic OH excluding ortho intramolecular Hbond substituents is 1. The number of amides is 1. The monoisotopic (exact) mass is 442 g/mol. The van der Waals surface area contributed by atoms with Crippen LogP contribution < -0.4 is 10.9 Å². The van der Waals surface area contributed by atoms with E-state index in [1.54, 1.807) is 4.90 Å². The second-order valence-electron chi connectivity index (χ2n) is 9.34. The zero-order chi connectivity index (χ0) is 23.3. The Balaban J connectivity index is 1.43. The molecule has 2 aliphatic heterocycles. The molecule has 1 amide bonds. The number of hydrogen-bond acceptors (Lipinski definition) is 6. The van der Waals surface area contributed by atoms with Crippen LogP contribution in [0.25, 0.3) is 0 Å². The third-order valence-electron chi connectivity index (χ3n) is 6.97. The van der Waals surface area contributed by atoms with Gasteiger partial charge in [-0.25, -0.2) is 0 Å². The molecule has 0 bridgehead atoms. The van der Waals surface area contributed by atoms with Crippen molar-refractivity contribution in [1.29, 1.82) is 0 Å². The minimum absolute atomic E-state index is 0.0889. The van der Waals surface area contributed by atoms with Crippen LogP contribution in [0.3, 0.4) is 0 Å². The number of phenols is 1. The topological polar surface area (TPSA) is 90.3 Å². The maximum Gasteiger partial charge on any atom is 0.306 e. The number of rotatable bonds is 7. The van der Waals surface area contributed by atoms with E-state index in [9.17, 15) is 19.8 Å². The van der Waals surface area contributed by atoms with Crippen LogP contribution in [0.15, 0.2) is 12.1 Å². The van der Waals surface area contributed by atoms with Gasteiger partial charge in [0.25, 0.3) is 5.91 Å². The van der Waals surface area contributed by atoms with E-state index in [1.807, 2.05) is 34.7 Å². The maximum absolute atomic E-state index is 12.8. The number of aliphatic hydroxyl groups is 1. The molecular weight excluding hydrogens is 406 g/mol. The summed E-state index contributed by atoms with van der Waals surface area (Å²) in [6.45, 7) is 5.59. The molecule has 7 nitrogen and oxygen atoms in total. The summed E-state index contributed by atoms with van der Waals surface area (Å²) in [5.41, 5.74) is 2.37. The SMILES string of the molecule is Bc1cc(C[C@@H](O)C(=O)N2CCC(N3CCC(CC(=O)OCC)CC3)CC2)cc(B)c1O. The van der Waals surface area contributed by atoms with Gasteiger partial charge in [-0.3, -0.25) is 9.59 Å². The summed E-state index contributed by atoms with van der Waals surface area (Å²) in [7, 11) is 3.65. The number of aromatic hydroxyl groups is 1. The summed E-state index contributed by atoms with van der Waals surface area (Å²) in [4.78, 5) is 28.8. The van der Waals surface area contributed by atoms with Crippen molar-refractivity contribution in [3.05, 3.63) is 17.7 Å². The molecule has 1 atom stereocenters. The first-order valence-corrected chi connectivity index (χ1v) is 11.9. The average Bonchev–Trinajstić information content (AvgIpc) is 2.77. The summed E-state index contributed by atoms with van der Waals surface area (Å²) in [5, 5.41) is 20.4. The number of ether oxygens (including phenoxy) is 1. The van der Waals surface area contributed by atoms with Crippen LogP contribution in [0.4, 0.5) is 0 Å². The Kier molecular flexibility index (Phi) is 8.65. The van der Waals surface area contributed by atoms with E-state index in [0.29, 0.717) is 38.1 Å². The fourth-order valence-electron chi connectivity index (χ4n) is 5.11. The van der Waals surface area contributed by atoms with Gasteiger partial charge < -0.3 is 24.7 Å². The van der Waals surface area contributed by atoms with Crippen molar-refractivity contribution >= 4 is 38.5 Å². The number of carbonyl (C=O) groups excluding carboxylic acids is 2. The normalized spacial score (nSPS) is 19.6. The highest BCUT2D eigenvalue weighted by atomic mass is 16.5. The first-order valence-electron chi connectivity index (χ1n) is 11.9. The third-order valence-corrected chi connectivity index (χ3v) is 6.97.